The average molecular weight is 275 g/mol. The first kappa shape index (κ1) is 12.2. The van der Waals surface area contributed by atoms with Gasteiger partial charge in [-0.2, -0.15) is 0 Å². The number of aromatic nitrogens is 1. The minimum Gasteiger partial charge on any atom is -0.398 e. The van der Waals surface area contributed by atoms with Crippen molar-refractivity contribution in [3.63, 3.8) is 0 Å². The second kappa shape index (κ2) is 4.77. The Labute approximate surface area is 123 Å². The van der Waals surface area contributed by atoms with Gasteiger partial charge < -0.3 is 11.1 Å². The van der Waals surface area contributed by atoms with Crippen LogP contribution in [0.25, 0.3) is 10.8 Å². The summed E-state index contributed by atoms with van der Waals surface area (Å²) in [4.78, 5) is 4.22. The Balaban J connectivity index is 1.61. The topological polar surface area (TPSA) is 50.9 Å². The molecule has 4 rings (SSSR count). The molecule has 2 aromatic carbocycles. The number of anilines is 2. The molecule has 0 amide bonds. The van der Waals surface area contributed by atoms with Crippen molar-refractivity contribution in [3.05, 3.63) is 66.5 Å². The third-order valence-corrected chi connectivity index (χ3v) is 4.21. The molecule has 3 N–H and O–H groups in total. The normalized spacial score (nSPS) is 20.4. The summed E-state index contributed by atoms with van der Waals surface area (Å²) in [6.07, 6.45) is 4.84. The van der Waals surface area contributed by atoms with Gasteiger partial charge in [0, 0.05) is 46.5 Å². The molecule has 0 bridgehead atoms. The number of fused-ring (bicyclic) bond motifs is 1. The van der Waals surface area contributed by atoms with Gasteiger partial charge in [-0.05, 0) is 30.2 Å². The zero-order valence-corrected chi connectivity index (χ0v) is 11.7. The van der Waals surface area contributed by atoms with E-state index in [9.17, 15) is 0 Å². The number of nitrogen functional groups attached to an aromatic ring is 1. The molecule has 1 fully saturated rings. The maximum absolute atomic E-state index is 6.03. The molecule has 21 heavy (non-hydrogen) atoms. The van der Waals surface area contributed by atoms with Gasteiger partial charge in [0.15, 0.2) is 0 Å². The second-order valence-corrected chi connectivity index (χ2v) is 5.63. The van der Waals surface area contributed by atoms with Crippen molar-refractivity contribution in [2.45, 2.75) is 18.4 Å². The SMILES string of the molecule is Nc1ccc(NC2CC2c2ccccc2)c2cnccc12. The molecule has 2 unspecified atom stereocenters. The summed E-state index contributed by atoms with van der Waals surface area (Å²) >= 11 is 0. The summed E-state index contributed by atoms with van der Waals surface area (Å²) in [6, 6.07) is 17.2. The lowest BCUT2D eigenvalue weighted by Crippen LogP contribution is -2.05. The molecule has 0 aliphatic heterocycles. The third kappa shape index (κ3) is 2.21. The van der Waals surface area contributed by atoms with E-state index in [4.69, 9.17) is 5.73 Å². The van der Waals surface area contributed by atoms with Gasteiger partial charge in [-0.1, -0.05) is 30.3 Å². The predicted molar refractivity (Wildman–Crippen MR) is 87.4 cm³/mol. The van der Waals surface area contributed by atoms with Crippen LogP contribution in [0, 0.1) is 0 Å². The van der Waals surface area contributed by atoms with Crippen LogP contribution >= 0.6 is 0 Å². The fraction of sp³-hybridized carbons (Fsp3) is 0.167. The maximum atomic E-state index is 6.03. The number of pyridine rings is 1. The monoisotopic (exact) mass is 275 g/mol. The third-order valence-electron chi connectivity index (χ3n) is 4.21. The Kier molecular flexibility index (Phi) is 2.78. The van der Waals surface area contributed by atoms with Crippen LogP contribution in [0.4, 0.5) is 11.4 Å². The van der Waals surface area contributed by atoms with E-state index >= 15 is 0 Å². The van der Waals surface area contributed by atoms with Gasteiger partial charge in [-0.3, -0.25) is 4.98 Å². The molecule has 0 radical (unpaired) electrons. The van der Waals surface area contributed by atoms with Crippen LogP contribution in [0.1, 0.15) is 17.9 Å². The van der Waals surface area contributed by atoms with Crippen LogP contribution in [0.3, 0.4) is 0 Å². The smallest absolute Gasteiger partial charge is 0.0439 e. The van der Waals surface area contributed by atoms with Gasteiger partial charge in [0.25, 0.3) is 0 Å². The first-order valence-electron chi connectivity index (χ1n) is 7.26. The summed E-state index contributed by atoms with van der Waals surface area (Å²) in [5, 5.41) is 5.79. The predicted octanol–water partition coefficient (Wildman–Crippen LogP) is 3.79. The lowest BCUT2D eigenvalue weighted by Gasteiger charge is -2.11. The minimum absolute atomic E-state index is 0.499. The molecule has 0 spiro atoms. The van der Waals surface area contributed by atoms with E-state index in [0.29, 0.717) is 12.0 Å². The lowest BCUT2D eigenvalue weighted by molar-refractivity contribution is 1.05. The van der Waals surface area contributed by atoms with Crippen molar-refractivity contribution in [1.82, 2.24) is 4.98 Å². The van der Waals surface area contributed by atoms with Crippen LogP contribution in [0.2, 0.25) is 0 Å². The largest absolute Gasteiger partial charge is 0.398 e. The molecule has 1 aliphatic rings. The number of nitrogens with two attached hydrogens (primary N) is 1. The maximum Gasteiger partial charge on any atom is 0.0439 e. The first-order valence-corrected chi connectivity index (χ1v) is 7.26. The van der Waals surface area contributed by atoms with Crippen LogP contribution in [-0.2, 0) is 0 Å². The molecule has 3 aromatic rings. The van der Waals surface area contributed by atoms with Crippen molar-refractivity contribution in [2.24, 2.45) is 0 Å². The van der Waals surface area contributed by atoms with Crippen molar-refractivity contribution in [1.29, 1.82) is 0 Å². The van der Waals surface area contributed by atoms with Crippen LogP contribution < -0.4 is 11.1 Å². The van der Waals surface area contributed by atoms with Crippen molar-refractivity contribution >= 4 is 22.1 Å². The highest BCUT2D eigenvalue weighted by atomic mass is 15.0. The molecule has 1 aromatic heterocycles. The van der Waals surface area contributed by atoms with Crippen LogP contribution in [0.15, 0.2) is 60.9 Å². The molecule has 1 aliphatic carbocycles. The average Bonchev–Trinajstić information content (AvgIpc) is 3.31. The van der Waals surface area contributed by atoms with Gasteiger partial charge in [0.1, 0.15) is 0 Å². The number of benzene rings is 2. The van der Waals surface area contributed by atoms with Crippen molar-refractivity contribution in [3.8, 4) is 0 Å². The van der Waals surface area contributed by atoms with Crippen molar-refractivity contribution in [2.75, 3.05) is 11.1 Å². The quantitative estimate of drug-likeness (QED) is 0.715. The highest BCUT2D eigenvalue weighted by Gasteiger charge is 2.38. The Morgan fingerprint density at radius 2 is 1.86 bits per heavy atom. The Morgan fingerprint density at radius 3 is 2.71 bits per heavy atom. The molecule has 0 saturated heterocycles. The Bertz CT molecular complexity index is 783. The highest BCUT2D eigenvalue weighted by Crippen LogP contribution is 2.43. The zero-order chi connectivity index (χ0) is 14.2. The van der Waals surface area contributed by atoms with Crippen LogP contribution in [0.5, 0.6) is 0 Å². The Hall–Kier alpha value is -2.55. The summed E-state index contributed by atoms with van der Waals surface area (Å²) in [5.41, 5.74) is 9.36. The number of rotatable bonds is 3. The molecule has 104 valence electrons. The standard InChI is InChI=1S/C18H17N3/c19-16-6-7-17(15-11-20-9-8-13(15)16)21-18-10-14(18)12-4-2-1-3-5-12/h1-9,11,14,18,21H,10,19H2. The summed E-state index contributed by atoms with van der Waals surface area (Å²) in [7, 11) is 0. The van der Waals surface area contributed by atoms with Gasteiger partial charge in [-0.25, -0.2) is 0 Å². The van der Waals surface area contributed by atoms with E-state index in [2.05, 4.69) is 46.7 Å². The summed E-state index contributed by atoms with van der Waals surface area (Å²) in [6.45, 7) is 0. The van der Waals surface area contributed by atoms with E-state index in [-0.39, 0.29) is 0 Å². The minimum atomic E-state index is 0.499. The van der Waals surface area contributed by atoms with E-state index in [0.717, 1.165) is 22.1 Å². The summed E-state index contributed by atoms with van der Waals surface area (Å²) in [5.74, 6) is 0.607. The number of hydrogen-bond donors (Lipinski definition) is 2. The van der Waals surface area contributed by atoms with E-state index in [1.54, 1.807) is 6.20 Å². The molecule has 3 nitrogen and oxygen atoms in total. The molecular weight excluding hydrogens is 258 g/mol. The first-order chi connectivity index (χ1) is 10.3. The number of nitrogens with one attached hydrogen (secondary N) is 1. The molecule has 1 heterocycles. The lowest BCUT2D eigenvalue weighted by atomic mass is 10.1. The van der Waals surface area contributed by atoms with Gasteiger partial charge in [-0.15, -0.1) is 0 Å². The summed E-state index contributed by atoms with van der Waals surface area (Å²) < 4.78 is 0. The molecule has 1 saturated carbocycles. The van der Waals surface area contributed by atoms with Gasteiger partial charge in [0.2, 0.25) is 0 Å². The van der Waals surface area contributed by atoms with Crippen LogP contribution in [-0.4, -0.2) is 11.0 Å². The van der Waals surface area contributed by atoms with Gasteiger partial charge in [0.05, 0.1) is 0 Å². The molecule has 3 heteroatoms. The van der Waals surface area contributed by atoms with E-state index < -0.39 is 0 Å². The number of nitrogens with zero attached hydrogens (tertiary/aromatic N) is 1. The van der Waals surface area contributed by atoms with Gasteiger partial charge >= 0.3 is 0 Å². The fourth-order valence-corrected chi connectivity index (χ4v) is 2.96. The highest BCUT2D eigenvalue weighted by molar-refractivity contribution is 6.00. The van der Waals surface area contributed by atoms with E-state index in [1.165, 1.54) is 12.0 Å². The van der Waals surface area contributed by atoms with Crippen molar-refractivity contribution < 1.29 is 0 Å². The molecule has 2 atom stereocenters. The molecular formula is C18H17N3. The fourth-order valence-electron chi connectivity index (χ4n) is 2.96. The zero-order valence-electron chi connectivity index (χ0n) is 11.7. The Morgan fingerprint density at radius 1 is 1.00 bits per heavy atom. The van der Waals surface area contributed by atoms with E-state index in [1.807, 2.05) is 18.3 Å². The number of hydrogen-bond acceptors (Lipinski definition) is 3. The second-order valence-electron chi connectivity index (χ2n) is 5.63.